The number of carbonyl (C=O) groups is 3. The van der Waals surface area contributed by atoms with Crippen molar-refractivity contribution < 1.29 is 28.6 Å². The lowest BCUT2D eigenvalue weighted by Crippen LogP contribution is -2.49. The molecule has 158 valence electrons. The van der Waals surface area contributed by atoms with Crippen molar-refractivity contribution in [2.24, 2.45) is 0 Å². The highest BCUT2D eigenvalue weighted by Crippen LogP contribution is 2.36. The number of esters is 1. The van der Waals surface area contributed by atoms with Crippen molar-refractivity contribution in [2.75, 3.05) is 25.3 Å². The number of anilines is 1. The zero-order chi connectivity index (χ0) is 21.5. The minimum absolute atomic E-state index is 0.0543. The molecular formula is C22H19N3O6. The zero-order valence-corrected chi connectivity index (χ0v) is 16.6. The van der Waals surface area contributed by atoms with E-state index in [1.54, 1.807) is 18.2 Å². The van der Waals surface area contributed by atoms with Crippen LogP contribution in [0.25, 0.3) is 0 Å². The molecule has 0 radical (unpaired) electrons. The molecule has 0 bridgehead atoms. The summed E-state index contributed by atoms with van der Waals surface area (Å²) in [5, 5.41) is 5.55. The Hall–Kier alpha value is -4.01. The lowest BCUT2D eigenvalue weighted by molar-refractivity contribution is -0.136. The van der Waals surface area contributed by atoms with Gasteiger partial charge in [0.25, 0.3) is 0 Å². The van der Waals surface area contributed by atoms with E-state index < -0.39 is 23.9 Å². The van der Waals surface area contributed by atoms with Crippen LogP contribution in [0.1, 0.15) is 17.2 Å². The Labute approximate surface area is 177 Å². The van der Waals surface area contributed by atoms with Gasteiger partial charge in [-0.25, -0.2) is 9.59 Å². The van der Waals surface area contributed by atoms with Crippen molar-refractivity contribution >= 4 is 23.6 Å². The fourth-order valence-electron chi connectivity index (χ4n) is 3.81. The van der Waals surface area contributed by atoms with Crippen molar-refractivity contribution in [1.29, 1.82) is 0 Å². The zero-order valence-electron chi connectivity index (χ0n) is 16.6. The molecule has 2 aromatic carbocycles. The van der Waals surface area contributed by atoms with Crippen molar-refractivity contribution in [2.45, 2.75) is 13.0 Å². The van der Waals surface area contributed by atoms with E-state index in [0.717, 1.165) is 11.1 Å². The third-order valence-electron chi connectivity index (χ3n) is 5.37. The number of amides is 3. The highest BCUT2D eigenvalue weighted by molar-refractivity contribution is 6.00. The van der Waals surface area contributed by atoms with Gasteiger partial charge in [0.05, 0.1) is 17.3 Å². The number of hydrogen-bond donors (Lipinski definition) is 2. The number of urea groups is 1. The van der Waals surface area contributed by atoms with E-state index in [4.69, 9.17) is 14.2 Å². The summed E-state index contributed by atoms with van der Waals surface area (Å²) in [7, 11) is 0. The molecule has 9 nitrogen and oxygen atoms in total. The summed E-state index contributed by atoms with van der Waals surface area (Å²) in [4.78, 5) is 39.1. The monoisotopic (exact) mass is 421 g/mol. The molecule has 0 saturated heterocycles. The Kier molecular flexibility index (Phi) is 4.50. The molecule has 2 aromatic rings. The van der Waals surface area contributed by atoms with Gasteiger partial charge in [-0.1, -0.05) is 29.8 Å². The fourth-order valence-corrected chi connectivity index (χ4v) is 3.81. The van der Waals surface area contributed by atoms with Gasteiger partial charge in [0.2, 0.25) is 12.7 Å². The molecule has 0 unspecified atom stereocenters. The van der Waals surface area contributed by atoms with Gasteiger partial charge in [-0.05, 0) is 24.6 Å². The molecule has 1 atom stereocenters. The maximum atomic E-state index is 12.8. The van der Waals surface area contributed by atoms with Crippen LogP contribution in [0.15, 0.2) is 53.7 Å². The first-order valence-electron chi connectivity index (χ1n) is 9.74. The highest BCUT2D eigenvalue weighted by atomic mass is 16.7. The van der Waals surface area contributed by atoms with E-state index in [1.165, 1.54) is 4.90 Å². The lowest BCUT2D eigenvalue weighted by Gasteiger charge is -2.32. The summed E-state index contributed by atoms with van der Waals surface area (Å²) in [6, 6.07) is 11.5. The van der Waals surface area contributed by atoms with Crippen molar-refractivity contribution in [3.05, 3.63) is 64.9 Å². The maximum Gasteiger partial charge on any atom is 0.338 e. The number of nitrogens with zero attached hydrogens (tertiary/aromatic N) is 1. The second-order valence-corrected chi connectivity index (χ2v) is 7.43. The number of hydrogen-bond acceptors (Lipinski definition) is 6. The second-order valence-electron chi connectivity index (χ2n) is 7.43. The Balaban J connectivity index is 1.37. The van der Waals surface area contributed by atoms with E-state index in [-0.39, 0.29) is 19.9 Å². The normalized spacial score (nSPS) is 19.1. The summed E-state index contributed by atoms with van der Waals surface area (Å²) in [6.45, 7) is 1.77. The quantitative estimate of drug-likeness (QED) is 0.734. The first kappa shape index (κ1) is 19.0. The summed E-state index contributed by atoms with van der Waals surface area (Å²) in [5.41, 5.74) is 3.10. The first-order valence-corrected chi connectivity index (χ1v) is 9.74. The van der Waals surface area contributed by atoms with Crippen LogP contribution in [0.3, 0.4) is 0 Å². The van der Waals surface area contributed by atoms with Gasteiger partial charge in [-0.3, -0.25) is 9.69 Å². The van der Waals surface area contributed by atoms with Crippen LogP contribution in [0.4, 0.5) is 10.5 Å². The molecule has 0 saturated carbocycles. The van der Waals surface area contributed by atoms with Gasteiger partial charge in [-0.15, -0.1) is 0 Å². The van der Waals surface area contributed by atoms with Gasteiger partial charge < -0.3 is 24.8 Å². The Morgan fingerprint density at radius 2 is 1.87 bits per heavy atom. The van der Waals surface area contributed by atoms with Gasteiger partial charge in [0, 0.05) is 11.8 Å². The lowest BCUT2D eigenvalue weighted by atomic mass is 9.95. The number of ether oxygens (including phenoxy) is 3. The number of fused-ring (bicyclic) bond motifs is 1. The largest absolute Gasteiger partial charge is 0.456 e. The van der Waals surface area contributed by atoms with Crippen LogP contribution >= 0.6 is 0 Å². The van der Waals surface area contributed by atoms with E-state index >= 15 is 0 Å². The van der Waals surface area contributed by atoms with E-state index in [9.17, 15) is 14.4 Å². The third kappa shape index (κ3) is 3.43. The summed E-state index contributed by atoms with van der Waals surface area (Å²) in [6.07, 6.45) is 0. The summed E-state index contributed by atoms with van der Waals surface area (Å²) < 4.78 is 15.8. The van der Waals surface area contributed by atoms with Gasteiger partial charge in [0.15, 0.2) is 11.5 Å². The highest BCUT2D eigenvalue weighted by Gasteiger charge is 2.42. The molecule has 3 aliphatic rings. The number of carbonyl (C=O) groups excluding carboxylic acids is 3. The Morgan fingerprint density at radius 3 is 2.68 bits per heavy atom. The number of aryl methyl sites for hydroxylation is 1. The van der Waals surface area contributed by atoms with E-state index in [2.05, 4.69) is 10.6 Å². The van der Waals surface area contributed by atoms with Crippen LogP contribution in [0, 0.1) is 6.92 Å². The van der Waals surface area contributed by atoms with E-state index in [0.29, 0.717) is 28.5 Å². The first-order chi connectivity index (χ1) is 15.0. The SMILES string of the molecule is Cc1ccc([C@H]2NC(=O)N(CC(=O)Nc3ccc4c(c3)OCO4)C3=C2C(=O)OC3)cc1. The molecular weight excluding hydrogens is 402 g/mol. The minimum Gasteiger partial charge on any atom is -0.456 e. The van der Waals surface area contributed by atoms with Gasteiger partial charge >= 0.3 is 12.0 Å². The van der Waals surface area contributed by atoms with Crippen LogP contribution in [-0.4, -0.2) is 42.8 Å². The van der Waals surface area contributed by atoms with Crippen molar-refractivity contribution in [3.8, 4) is 11.5 Å². The number of benzene rings is 2. The maximum absolute atomic E-state index is 12.8. The molecule has 3 aliphatic heterocycles. The third-order valence-corrected chi connectivity index (χ3v) is 5.37. The molecule has 3 amide bonds. The molecule has 0 fully saturated rings. The van der Waals surface area contributed by atoms with Gasteiger partial charge in [0.1, 0.15) is 13.2 Å². The summed E-state index contributed by atoms with van der Waals surface area (Å²) >= 11 is 0. The van der Waals surface area contributed by atoms with Crippen LogP contribution in [-0.2, 0) is 14.3 Å². The average Bonchev–Trinajstić information content (AvgIpc) is 3.37. The Bertz CT molecular complexity index is 1120. The summed E-state index contributed by atoms with van der Waals surface area (Å²) in [5.74, 6) is 0.219. The number of cyclic esters (lactones) is 1. The van der Waals surface area contributed by atoms with Crippen LogP contribution in [0.2, 0.25) is 0 Å². The molecule has 0 spiro atoms. The van der Waals surface area contributed by atoms with Crippen molar-refractivity contribution in [1.82, 2.24) is 10.2 Å². The Morgan fingerprint density at radius 1 is 1.10 bits per heavy atom. The van der Waals surface area contributed by atoms with Gasteiger partial charge in [-0.2, -0.15) is 0 Å². The second kappa shape index (κ2) is 7.35. The molecule has 5 rings (SSSR count). The number of rotatable bonds is 4. The molecule has 0 aromatic heterocycles. The van der Waals surface area contributed by atoms with Crippen LogP contribution in [0.5, 0.6) is 11.5 Å². The molecule has 2 N–H and O–H groups in total. The molecule has 3 heterocycles. The average molecular weight is 421 g/mol. The minimum atomic E-state index is -0.619. The molecule has 0 aliphatic carbocycles. The standard InChI is InChI=1S/C22H19N3O6/c1-12-2-4-13(5-3-12)20-19-15(10-29-21(19)27)25(22(28)24-20)9-18(26)23-14-6-7-16-17(8-14)31-11-30-16/h2-8,20H,9-11H2,1H3,(H,23,26)(H,24,28)/t20-/m1/s1. The van der Waals surface area contributed by atoms with Crippen molar-refractivity contribution in [3.63, 3.8) is 0 Å². The van der Waals surface area contributed by atoms with Crippen LogP contribution < -0.4 is 20.1 Å². The predicted octanol–water partition coefficient (Wildman–Crippen LogP) is 2.24. The fraction of sp³-hybridized carbons (Fsp3) is 0.227. The number of nitrogens with one attached hydrogen (secondary N) is 2. The topological polar surface area (TPSA) is 106 Å². The molecule has 9 heteroatoms. The smallest absolute Gasteiger partial charge is 0.338 e. The molecule has 31 heavy (non-hydrogen) atoms. The predicted molar refractivity (Wildman–Crippen MR) is 108 cm³/mol. The van der Waals surface area contributed by atoms with E-state index in [1.807, 2.05) is 31.2 Å².